The molecule has 33 heavy (non-hydrogen) atoms. The lowest BCUT2D eigenvalue weighted by molar-refractivity contribution is -0.144. The van der Waals surface area contributed by atoms with Gasteiger partial charge in [0.2, 0.25) is 5.82 Å². The van der Waals surface area contributed by atoms with Crippen LogP contribution in [0.4, 0.5) is 17.6 Å². The molecule has 0 saturated heterocycles. The highest BCUT2D eigenvalue weighted by atomic mass is 19.4. The number of halogens is 4. The maximum atomic E-state index is 14.7. The summed E-state index contributed by atoms with van der Waals surface area (Å²) in [5.41, 5.74) is 0.245. The summed E-state index contributed by atoms with van der Waals surface area (Å²) in [5.74, 6) is -2.39. The second-order valence-corrected chi connectivity index (χ2v) is 8.30. The molecule has 1 amide bonds. The van der Waals surface area contributed by atoms with Crippen molar-refractivity contribution < 1.29 is 26.9 Å². The van der Waals surface area contributed by atoms with Crippen molar-refractivity contribution in [2.24, 2.45) is 0 Å². The van der Waals surface area contributed by atoms with Crippen molar-refractivity contribution in [3.63, 3.8) is 0 Å². The van der Waals surface area contributed by atoms with E-state index < -0.39 is 29.1 Å². The molecule has 4 aromatic rings. The molecule has 2 N–H and O–H groups in total. The number of amides is 1. The number of nitrogens with one attached hydrogen (secondary N) is 2. The lowest BCUT2D eigenvalue weighted by atomic mass is 9.96. The highest BCUT2D eigenvalue weighted by Crippen LogP contribution is 2.32. The largest absolute Gasteiger partial charge is 0.449 e. The Hall–Kier alpha value is -3.83. The number of nitrogens with zero attached hydrogens (tertiary/aromatic N) is 4. The van der Waals surface area contributed by atoms with Crippen molar-refractivity contribution >= 4 is 17.1 Å². The van der Waals surface area contributed by atoms with Crippen molar-refractivity contribution in [1.82, 2.24) is 30.4 Å². The fraction of sp³-hybridized carbons (Fsp3) is 0.286. The van der Waals surface area contributed by atoms with Crippen molar-refractivity contribution in [3.8, 4) is 11.1 Å². The molecule has 172 valence electrons. The molecular weight excluding hydrogens is 444 g/mol. The number of aromatic nitrogens is 5. The zero-order chi connectivity index (χ0) is 24.0. The van der Waals surface area contributed by atoms with Crippen molar-refractivity contribution in [3.05, 3.63) is 59.4 Å². The highest BCUT2D eigenvalue weighted by molar-refractivity contribution is 5.90. The quantitative estimate of drug-likeness (QED) is 0.435. The number of hydrogen-bond donors (Lipinski definition) is 2. The number of imidazole rings is 1. The van der Waals surface area contributed by atoms with Crippen LogP contribution in [0.5, 0.6) is 0 Å². The molecule has 0 spiro atoms. The monoisotopic (exact) mass is 462 g/mol. The lowest BCUT2D eigenvalue weighted by Crippen LogP contribution is -2.24. The van der Waals surface area contributed by atoms with Crippen molar-refractivity contribution in [2.75, 3.05) is 0 Å². The summed E-state index contributed by atoms with van der Waals surface area (Å²) >= 11 is 0. The standard InChI is InChI=1S/C21H18F4N6O2/c1-20(2,3)18-30-17(33-31-18)16(32)27-9-11-5-4-10(8-13(11)22)12-6-7-26-15-14(12)28-19(29-15)21(23,24)25/h4-8H,9H2,1-3H3,(H,27,32)(H,26,28,29). The van der Waals surface area contributed by atoms with Gasteiger partial charge in [-0.05, 0) is 17.7 Å². The van der Waals surface area contributed by atoms with Gasteiger partial charge in [0.1, 0.15) is 11.3 Å². The highest BCUT2D eigenvalue weighted by Gasteiger charge is 2.35. The van der Waals surface area contributed by atoms with Gasteiger partial charge in [0.15, 0.2) is 11.5 Å². The fourth-order valence-corrected chi connectivity index (χ4v) is 3.01. The number of fused-ring (bicyclic) bond motifs is 1. The maximum Gasteiger partial charge on any atom is 0.449 e. The third-order valence-electron chi connectivity index (χ3n) is 4.75. The number of benzene rings is 1. The van der Waals surface area contributed by atoms with Gasteiger partial charge in [-0.3, -0.25) is 4.79 Å². The molecule has 3 aromatic heterocycles. The molecule has 4 rings (SSSR count). The second kappa shape index (κ2) is 7.94. The van der Waals surface area contributed by atoms with Crippen LogP contribution in [0.3, 0.4) is 0 Å². The molecule has 12 heteroatoms. The van der Waals surface area contributed by atoms with E-state index >= 15 is 0 Å². The average Bonchev–Trinajstić information content (AvgIpc) is 3.39. The number of alkyl halides is 3. The van der Waals surface area contributed by atoms with Crippen LogP contribution in [-0.2, 0) is 18.1 Å². The van der Waals surface area contributed by atoms with Gasteiger partial charge in [-0.25, -0.2) is 14.4 Å². The van der Waals surface area contributed by atoms with Gasteiger partial charge in [-0.2, -0.15) is 18.2 Å². The molecule has 0 atom stereocenters. The molecule has 0 bridgehead atoms. The molecule has 0 radical (unpaired) electrons. The maximum absolute atomic E-state index is 14.7. The van der Waals surface area contributed by atoms with E-state index in [0.717, 1.165) is 6.07 Å². The molecule has 0 saturated carbocycles. The second-order valence-electron chi connectivity index (χ2n) is 8.30. The first-order valence-corrected chi connectivity index (χ1v) is 9.76. The molecule has 3 heterocycles. The average molecular weight is 462 g/mol. The summed E-state index contributed by atoms with van der Waals surface area (Å²) < 4.78 is 58.6. The minimum absolute atomic E-state index is 0.0312. The number of carbonyl (C=O) groups is 1. The first-order chi connectivity index (χ1) is 15.4. The fourth-order valence-electron chi connectivity index (χ4n) is 3.01. The zero-order valence-electron chi connectivity index (χ0n) is 17.7. The van der Waals surface area contributed by atoms with Gasteiger partial charge in [-0.1, -0.05) is 38.1 Å². The van der Waals surface area contributed by atoms with Crippen LogP contribution >= 0.6 is 0 Å². The SMILES string of the molecule is CC(C)(C)c1noc(C(=O)NCc2ccc(-c3ccnc4[nH]c(C(F)(F)F)nc34)cc2F)n1. The molecular formula is C21H18F4N6O2. The van der Waals surface area contributed by atoms with Crippen LogP contribution in [0.1, 0.15) is 48.7 Å². The topological polar surface area (TPSA) is 110 Å². The third kappa shape index (κ3) is 4.54. The predicted octanol–water partition coefficient (Wildman–Crippen LogP) is 4.39. The van der Waals surface area contributed by atoms with Crippen LogP contribution in [0.2, 0.25) is 0 Å². The third-order valence-corrected chi connectivity index (χ3v) is 4.75. The number of carbonyl (C=O) groups excluding carboxylic acids is 1. The van der Waals surface area contributed by atoms with Crippen LogP contribution in [-0.4, -0.2) is 31.0 Å². The molecule has 8 nitrogen and oxygen atoms in total. The van der Waals surface area contributed by atoms with E-state index in [1.54, 1.807) is 0 Å². The van der Waals surface area contributed by atoms with Crippen LogP contribution in [0.25, 0.3) is 22.3 Å². The van der Waals surface area contributed by atoms with Crippen LogP contribution < -0.4 is 5.32 Å². The van der Waals surface area contributed by atoms with E-state index in [1.807, 2.05) is 20.8 Å². The Morgan fingerprint density at radius 2 is 1.91 bits per heavy atom. The zero-order valence-corrected chi connectivity index (χ0v) is 17.7. The minimum atomic E-state index is -4.67. The molecule has 0 fully saturated rings. The van der Waals surface area contributed by atoms with E-state index in [4.69, 9.17) is 4.52 Å². The molecule has 1 aromatic carbocycles. The first kappa shape index (κ1) is 22.4. The number of aromatic amines is 1. The van der Waals surface area contributed by atoms with Gasteiger partial charge in [0.25, 0.3) is 0 Å². The smallest absolute Gasteiger partial charge is 0.344 e. The number of H-pyrrole nitrogens is 1. The number of hydrogen-bond acceptors (Lipinski definition) is 6. The Labute approximate surface area is 184 Å². The first-order valence-electron chi connectivity index (χ1n) is 9.76. The summed E-state index contributed by atoms with van der Waals surface area (Å²) in [5, 5.41) is 6.27. The van der Waals surface area contributed by atoms with Crippen molar-refractivity contribution in [1.29, 1.82) is 0 Å². The van der Waals surface area contributed by atoms with E-state index in [-0.39, 0.29) is 34.7 Å². The van der Waals surface area contributed by atoms with Gasteiger partial charge in [-0.15, -0.1) is 0 Å². The number of pyridine rings is 1. The minimum Gasteiger partial charge on any atom is -0.344 e. The Balaban J connectivity index is 1.54. The van der Waals surface area contributed by atoms with Crippen LogP contribution in [0, 0.1) is 5.82 Å². The molecule has 0 aliphatic rings. The summed E-state index contributed by atoms with van der Waals surface area (Å²) in [6.45, 7) is 5.42. The van der Waals surface area contributed by atoms with E-state index in [9.17, 15) is 22.4 Å². The lowest BCUT2D eigenvalue weighted by Gasteiger charge is -2.10. The predicted molar refractivity (Wildman–Crippen MR) is 108 cm³/mol. The molecule has 0 aliphatic carbocycles. The molecule has 0 unspecified atom stereocenters. The summed E-state index contributed by atoms with van der Waals surface area (Å²) in [7, 11) is 0. The number of rotatable bonds is 4. The Morgan fingerprint density at radius 1 is 1.15 bits per heavy atom. The van der Waals surface area contributed by atoms with Gasteiger partial charge >= 0.3 is 18.0 Å². The van der Waals surface area contributed by atoms with E-state index in [1.165, 1.54) is 24.4 Å². The van der Waals surface area contributed by atoms with E-state index in [2.05, 4.69) is 30.4 Å². The van der Waals surface area contributed by atoms with Gasteiger partial charge in [0.05, 0.1) is 0 Å². The summed E-state index contributed by atoms with van der Waals surface area (Å²) in [6.07, 6.45) is -3.37. The summed E-state index contributed by atoms with van der Waals surface area (Å²) in [6, 6.07) is 5.54. The molecule has 0 aliphatic heterocycles. The normalized spacial score (nSPS) is 12.3. The Morgan fingerprint density at radius 3 is 2.55 bits per heavy atom. The summed E-state index contributed by atoms with van der Waals surface area (Å²) in [4.78, 5) is 25.8. The van der Waals surface area contributed by atoms with Crippen molar-refractivity contribution in [2.45, 2.75) is 38.9 Å². The Kier molecular flexibility index (Phi) is 5.38. The van der Waals surface area contributed by atoms with Crippen LogP contribution in [0.15, 0.2) is 35.0 Å². The Bertz CT molecular complexity index is 1340. The van der Waals surface area contributed by atoms with Gasteiger partial charge < -0.3 is 14.8 Å². The van der Waals surface area contributed by atoms with E-state index in [0.29, 0.717) is 11.4 Å². The van der Waals surface area contributed by atoms with Gasteiger partial charge in [0, 0.05) is 29.3 Å².